The molecule has 1 atom stereocenters. The zero-order chi connectivity index (χ0) is 11.8. The first-order valence-electron chi connectivity index (χ1n) is 5.60. The number of benzene rings is 1. The van der Waals surface area contributed by atoms with Gasteiger partial charge in [0.25, 0.3) is 0 Å². The molecule has 3 heteroatoms. The van der Waals surface area contributed by atoms with Crippen molar-refractivity contribution >= 4 is 27.5 Å². The van der Waals surface area contributed by atoms with Gasteiger partial charge in [0.05, 0.1) is 6.61 Å². The summed E-state index contributed by atoms with van der Waals surface area (Å²) in [6, 6.07) is 7.80. The van der Waals surface area contributed by atoms with Crippen LogP contribution >= 0.6 is 27.5 Å². The zero-order valence-electron chi connectivity index (χ0n) is 9.59. The highest BCUT2D eigenvalue weighted by atomic mass is 79.9. The SMILES string of the molecule is CC(CCBr)CCOCc1ccc(Cl)cc1. The molecule has 16 heavy (non-hydrogen) atoms. The van der Waals surface area contributed by atoms with Crippen molar-refractivity contribution in [2.45, 2.75) is 26.4 Å². The minimum absolute atomic E-state index is 0.679. The van der Waals surface area contributed by atoms with E-state index in [1.54, 1.807) is 0 Å². The van der Waals surface area contributed by atoms with Gasteiger partial charge in [-0.25, -0.2) is 0 Å². The molecule has 0 aliphatic carbocycles. The van der Waals surface area contributed by atoms with E-state index in [1.165, 1.54) is 12.0 Å². The van der Waals surface area contributed by atoms with Crippen molar-refractivity contribution in [1.82, 2.24) is 0 Å². The number of hydrogen-bond donors (Lipinski definition) is 0. The fourth-order valence-electron chi connectivity index (χ4n) is 1.39. The maximum absolute atomic E-state index is 5.80. The molecule has 0 N–H and O–H groups in total. The first-order chi connectivity index (χ1) is 7.72. The third-order valence-electron chi connectivity index (χ3n) is 2.54. The van der Waals surface area contributed by atoms with Crippen molar-refractivity contribution in [2.75, 3.05) is 11.9 Å². The summed E-state index contributed by atoms with van der Waals surface area (Å²) in [5.74, 6) is 0.726. The highest BCUT2D eigenvalue weighted by Gasteiger charge is 2.01. The Morgan fingerprint density at radius 2 is 1.94 bits per heavy atom. The number of ether oxygens (including phenoxy) is 1. The van der Waals surface area contributed by atoms with Crippen LogP contribution in [0.5, 0.6) is 0 Å². The van der Waals surface area contributed by atoms with Gasteiger partial charge in [-0.05, 0) is 36.5 Å². The summed E-state index contributed by atoms with van der Waals surface area (Å²) in [5.41, 5.74) is 1.18. The van der Waals surface area contributed by atoms with E-state index in [9.17, 15) is 0 Å². The molecule has 0 fully saturated rings. The number of alkyl halides is 1. The maximum atomic E-state index is 5.80. The lowest BCUT2D eigenvalue weighted by Crippen LogP contribution is -2.02. The first kappa shape index (κ1) is 14.0. The Labute approximate surface area is 111 Å². The van der Waals surface area contributed by atoms with E-state index >= 15 is 0 Å². The highest BCUT2D eigenvalue weighted by Crippen LogP contribution is 2.12. The van der Waals surface area contributed by atoms with E-state index < -0.39 is 0 Å². The molecule has 0 amide bonds. The molecule has 0 radical (unpaired) electrons. The van der Waals surface area contributed by atoms with Gasteiger partial charge in [0.15, 0.2) is 0 Å². The summed E-state index contributed by atoms with van der Waals surface area (Å²) in [7, 11) is 0. The summed E-state index contributed by atoms with van der Waals surface area (Å²) in [4.78, 5) is 0. The monoisotopic (exact) mass is 304 g/mol. The maximum Gasteiger partial charge on any atom is 0.0716 e. The summed E-state index contributed by atoms with van der Waals surface area (Å²) in [6.07, 6.45) is 2.34. The van der Waals surface area contributed by atoms with E-state index in [4.69, 9.17) is 16.3 Å². The fourth-order valence-corrected chi connectivity index (χ4v) is 2.29. The van der Waals surface area contributed by atoms with E-state index in [2.05, 4.69) is 22.9 Å². The average molecular weight is 306 g/mol. The van der Waals surface area contributed by atoms with Gasteiger partial charge in [0.2, 0.25) is 0 Å². The summed E-state index contributed by atoms with van der Waals surface area (Å²) < 4.78 is 5.62. The second-order valence-electron chi connectivity index (χ2n) is 4.05. The minimum Gasteiger partial charge on any atom is -0.377 e. The van der Waals surface area contributed by atoms with Crippen molar-refractivity contribution in [1.29, 1.82) is 0 Å². The van der Waals surface area contributed by atoms with Gasteiger partial charge in [-0.1, -0.05) is 46.6 Å². The summed E-state index contributed by atoms with van der Waals surface area (Å²) >= 11 is 9.25. The number of hydrogen-bond acceptors (Lipinski definition) is 1. The van der Waals surface area contributed by atoms with Crippen LogP contribution in [0.3, 0.4) is 0 Å². The van der Waals surface area contributed by atoms with Crippen LogP contribution in [-0.2, 0) is 11.3 Å². The Hall–Kier alpha value is -0.0500. The second kappa shape index (κ2) is 8.10. The first-order valence-corrected chi connectivity index (χ1v) is 7.10. The molecule has 90 valence electrons. The average Bonchev–Trinajstić information content (AvgIpc) is 2.27. The highest BCUT2D eigenvalue weighted by molar-refractivity contribution is 9.09. The molecule has 1 nitrogen and oxygen atoms in total. The second-order valence-corrected chi connectivity index (χ2v) is 5.28. The molecular formula is C13H18BrClO. The van der Waals surface area contributed by atoms with Crippen molar-refractivity contribution < 1.29 is 4.74 Å². The van der Waals surface area contributed by atoms with Crippen LogP contribution in [0.25, 0.3) is 0 Å². The number of rotatable bonds is 7. The van der Waals surface area contributed by atoms with Gasteiger partial charge >= 0.3 is 0 Å². The van der Waals surface area contributed by atoms with E-state index in [0.29, 0.717) is 6.61 Å². The lowest BCUT2D eigenvalue weighted by molar-refractivity contribution is 0.109. The smallest absolute Gasteiger partial charge is 0.0716 e. The van der Waals surface area contributed by atoms with Crippen LogP contribution in [0.1, 0.15) is 25.3 Å². The standard InChI is InChI=1S/C13H18BrClO/c1-11(6-8-14)7-9-16-10-12-2-4-13(15)5-3-12/h2-5,11H,6-10H2,1H3. The Bertz CT molecular complexity index is 286. The molecule has 0 spiro atoms. The van der Waals surface area contributed by atoms with E-state index in [0.717, 1.165) is 29.3 Å². The van der Waals surface area contributed by atoms with Crippen molar-refractivity contribution in [3.05, 3.63) is 34.9 Å². The molecule has 0 bridgehead atoms. The molecule has 1 rings (SSSR count). The summed E-state index contributed by atoms with van der Waals surface area (Å²) in [5, 5.41) is 1.85. The fraction of sp³-hybridized carbons (Fsp3) is 0.538. The lowest BCUT2D eigenvalue weighted by atomic mass is 10.1. The van der Waals surface area contributed by atoms with Crippen molar-refractivity contribution in [3.8, 4) is 0 Å². The van der Waals surface area contributed by atoms with Gasteiger partial charge in [0, 0.05) is 17.0 Å². The topological polar surface area (TPSA) is 9.23 Å². The van der Waals surface area contributed by atoms with Gasteiger partial charge in [-0.2, -0.15) is 0 Å². The number of halogens is 2. The van der Waals surface area contributed by atoms with Gasteiger partial charge in [-0.3, -0.25) is 0 Å². The van der Waals surface area contributed by atoms with Crippen LogP contribution in [0.4, 0.5) is 0 Å². The quantitative estimate of drug-likeness (QED) is 0.525. The molecular weight excluding hydrogens is 287 g/mol. The molecule has 1 unspecified atom stereocenters. The predicted octanol–water partition coefficient (Wildman–Crippen LogP) is 4.67. The molecule has 0 aliphatic heterocycles. The van der Waals surface area contributed by atoms with Crippen LogP contribution in [-0.4, -0.2) is 11.9 Å². The van der Waals surface area contributed by atoms with E-state index in [1.807, 2.05) is 24.3 Å². The molecule has 1 aromatic carbocycles. The van der Waals surface area contributed by atoms with Crippen LogP contribution in [0.15, 0.2) is 24.3 Å². The van der Waals surface area contributed by atoms with Gasteiger partial charge in [-0.15, -0.1) is 0 Å². The van der Waals surface area contributed by atoms with Gasteiger partial charge < -0.3 is 4.74 Å². The molecule has 0 heterocycles. The lowest BCUT2D eigenvalue weighted by Gasteiger charge is -2.09. The molecule has 0 saturated heterocycles. The van der Waals surface area contributed by atoms with Gasteiger partial charge in [0.1, 0.15) is 0 Å². The molecule has 0 aliphatic rings. The zero-order valence-corrected chi connectivity index (χ0v) is 11.9. The Kier molecular flexibility index (Phi) is 7.10. The Morgan fingerprint density at radius 1 is 1.25 bits per heavy atom. The predicted molar refractivity (Wildman–Crippen MR) is 73.3 cm³/mol. The molecule has 0 saturated carbocycles. The van der Waals surface area contributed by atoms with Crippen LogP contribution in [0.2, 0.25) is 5.02 Å². The van der Waals surface area contributed by atoms with Crippen molar-refractivity contribution in [3.63, 3.8) is 0 Å². The molecule has 1 aromatic rings. The largest absolute Gasteiger partial charge is 0.377 e. The third kappa shape index (κ3) is 5.88. The van der Waals surface area contributed by atoms with E-state index in [-0.39, 0.29) is 0 Å². The van der Waals surface area contributed by atoms with Crippen molar-refractivity contribution in [2.24, 2.45) is 5.92 Å². The minimum atomic E-state index is 0.679. The Morgan fingerprint density at radius 3 is 2.56 bits per heavy atom. The van der Waals surface area contributed by atoms with Crippen LogP contribution in [0, 0.1) is 5.92 Å². The van der Waals surface area contributed by atoms with Crippen LogP contribution < -0.4 is 0 Å². The Balaban J connectivity index is 2.13. The summed E-state index contributed by atoms with van der Waals surface area (Å²) in [6.45, 7) is 3.77. The normalized spacial score (nSPS) is 12.7. The third-order valence-corrected chi connectivity index (χ3v) is 3.25. The molecule has 0 aromatic heterocycles.